The molecule has 0 atom stereocenters. The first kappa shape index (κ1) is 11.3. The van der Waals surface area contributed by atoms with E-state index < -0.39 is 5.97 Å². The van der Waals surface area contributed by atoms with Crippen molar-refractivity contribution in [1.29, 1.82) is 0 Å². The van der Waals surface area contributed by atoms with E-state index in [4.69, 9.17) is 9.15 Å². The average Bonchev–Trinajstić information content (AvgIpc) is 2.83. The maximum atomic E-state index is 11.4. The molecular formula is C13H12O4. The molecule has 0 spiro atoms. The number of rotatable bonds is 3. The summed E-state index contributed by atoms with van der Waals surface area (Å²) in [4.78, 5) is 11.4. The molecule has 0 aliphatic carbocycles. The summed E-state index contributed by atoms with van der Waals surface area (Å²) in [5.41, 5.74) is 0.876. The maximum absolute atomic E-state index is 11.4. The van der Waals surface area contributed by atoms with E-state index in [1.54, 1.807) is 6.07 Å². The van der Waals surface area contributed by atoms with Crippen molar-refractivity contribution in [1.82, 2.24) is 0 Å². The van der Waals surface area contributed by atoms with Crippen LogP contribution < -0.4 is 4.74 Å². The van der Waals surface area contributed by atoms with Crippen LogP contribution >= 0.6 is 0 Å². The van der Waals surface area contributed by atoms with Gasteiger partial charge in [0.2, 0.25) is 0 Å². The molecule has 0 bridgehead atoms. The van der Waals surface area contributed by atoms with E-state index in [0.717, 1.165) is 5.56 Å². The zero-order valence-electron chi connectivity index (χ0n) is 9.60. The Morgan fingerprint density at radius 3 is 2.47 bits per heavy atom. The molecule has 0 amide bonds. The zero-order valence-corrected chi connectivity index (χ0v) is 9.60. The van der Waals surface area contributed by atoms with Crippen LogP contribution in [0.1, 0.15) is 10.6 Å². The monoisotopic (exact) mass is 232 g/mol. The molecule has 0 unspecified atom stereocenters. The largest absolute Gasteiger partial charge is 0.492 e. The van der Waals surface area contributed by atoms with Gasteiger partial charge in [-0.1, -0.05) is 30.3 Å². The molecule has 1 aromatic heterocycles. The van der Waals surface area contributed by atoms with Gasteiger partial charge < -0.3 is 13.9 Å². The Hall–Kier alpha value is -2.23. The van der Waals surface area contributed by atoms with Crippen molar-refractivity contribution in [2.24, 2.45) is 0 Å². The summed E-state index contributed by atoms with van der Waals surface area (Å²) >= 11 is 0. The molecule has 0 radical (unpaired) electrons. The fourth-order valence-corrected chi connectivity index (χ4v) is 1.51. The summed E-state index contributed by atoms with van der Waals surface area (Å²) in [5.74, 6) is 0.469. The molecule has 4 heteroatoms. The predicted octanol–water partition coefficient (Wildman–Crippen LogP) is 2.74. The van der Waals surface area contributed by atoms with Crippen molar-refractivity contribution in [2.75, 3.05) is 14.2 Å². The van der Waals surface area contributed by atoms with E-state index >= 15 is 0 Å². The Morgan fingerprint density at radius 1 is 1.18 bits per heavy atom. The second kappa shape index (κ2) is 4.74. The first-order chi connectivity index (χ1) is 8.26. The standard InChI is InChI=1S/C13H12O4/c1-15-11-8-10(9-6-4-3-5-7-9)17-12(11)13(14)16-2/h3-8H,1-2H3. The van der Waals surface area contributed by atoms with Gasteiger partial charge in [0, 0.05) is 11.6 Å². The van der Waals surface area contributed by atoms with Crippen LogP contribution in [0.2, 0.25) is 0 Å². The molecule has 0 saturated carbocycles. The highest BCUT2D eigenvalue weighted by Crippen LogP contribution is 2.30. The number of esters is 1. The summed E-state index contributed by atoms with van der Waals surface area (Å²) in [6, 6.07) is 11.1. The molecule has 2 rings (SSSR count). The van der Waals surface area contributed by atoms with Crippen LogP contribution in [0.25, 0.3) is 11.3 Å². The summed E-state index contributed by atoms with van der Waals surface area (Å²) in [5, 5.41) is 0. The lowest BCUT2D eigenvalue weighted by Gasteiger charge is -1.97. The Bertz CT molecular complexity index is 513. The molecule has 0 fully saturated rings. The van der Waals surface area contributed by atoms with Crippen molar-refractivity contribution in [3.8, 4) is 17.1 Å². The van der Waals surface area contributed by atoms with Crippen molar-refractivity contribution in [2.45, 2.75) is 0 Å². The minimum atomic E-state index is -0.552. The van der Waals surface area contributed by atoms with Gasteiger partial charge in [-0.2, -0.15) is 0 Å². The summed E-state index contributed by atoms with van der Waals surface area (Å²) in [6.07, 6.45) is 0. The van der Waals surface area contributed by atoms with Gasteiger partial charge in [-0.25, -0.2) is 4.79 Å². The number of furan rings is 1. The first-order valence-electron chi connectivity index (χ1n) is 5.08. The quantitative estimate of drug-likeness (QED) is 0.763. The summed E-state index contributed by atoms with van der Waals surface area (Å²) in [7, 11) is 2.78. The molecule has 4 nitrogen and oxygen atoms in total. The van der Waals surface area contributed by atoms with Crippen LogP contribution in [0, 0.1) is 0 Å². The van der Waals surface area contributed by atoms with Crippen molar-refractivity contribution in [3.05, 3.63) is 42.2 Å². The SMILES string of the molecule is COC(=O)c1oc(-c2ccccc2)cc1OC. The third-order valence-corrected chi connectivity index (χ3v) is 2.35. The van der Waals surface area contributed by atoms with Crippen LogP contribution in [0.5, 0.6) is 5.75 Å². The molecule has 0 saturated heterocycles. The van der Waals surface area contributed by atoms with Crippen LogP contribution in [-0.4, -0.2) is 20.2 Å². The van der Waals surface area contributed by atoms with Gasteiger partial charge in [0.1, 0.15) is 5.76 Å². The third-order valence-electron chi connectivity index (χ3n) is 2.35. The predicted molar refractivity (Wildman–Crippen MR) is 62.0 cm³/mol. The molecular weight excluding hydrogens is 220 g/mol. The molecule has 1 heterocycles. The number of benzene rings is 1. The van der Waals surface area contributed by atoms with E-state index in [1.165, 1.54) is 14.2 Å². The Labute approximate surface area is 98.8 Å². The van der Waals surface area contributed by atoms with Crippen LogP contribution in [0.3, 0.4) is 0 Å². The van der Waals surface area contributed by atoms with Gasteiger partial charge in [0.05, 0.1) is 14.2 Å². The van der Waals surface area contributed by atoms with E-state index in [9.17, 15) is 4.79 Å². The number of carbonyl (C=O) groups excluding carboxylic acids is 1. The summed E-state index contributed by atoms with van der Waals surface area (Å²) in [6.45, 7) is 0. The highest BCUT2D eigenvalue weighted by Gasteiger charge is 2.20. The number of ether oxygens (including phenoxy) is 2. The second-order valence-corrected chi connectivity index (χ2v) is 3.37. The first-order valence-corrected chi connectivity index (χ1v) is 5.08. The molecule has 2 aromatic rings. The molecule has 88 valence electrons. The van der Waals surface area contributed by atoms with Gasteiger partial charge in [0.25, 0.3) is 5.76 Å². The van der Waals surface area contributed by atoms with E-state index in [0.29, 0.717) is 11.5 Å². The van der Waals surface area contributed by atoms with Crippen LogP contribution in [-0.2, 0) is 4.74 Å². The van der Waals surface area contributed by atoms with Crippen molar-refractivity contribution < 1.29 is 18.7 Å². The normalized spacial score (nSPS) is 10.0. The maximum Gasteiger partial charge on any atom is 0.377 e. The minimum Gasteiger partial charge on any atom is -0.492 e. The minimum absolute atomic E-state index is 0.0776. The van der Waals surface area contributed by atoms with Crippen molar-refractivity contribution in [3.63, 3.8) is 0 Å². The number of methoxy groups -OCH3 is 2. The van der Waals surface area contributed by atoms with Gasteiger partial charge in [-0.15, -0.1) is 0 Å². The lowest BCUT2D eigenvalue weighted by molar-refractivity contribution is 0.0561. The van der Waals surface area contributed by atoms with E-state index in [-0.39, 0.29) is 5.76 Å². The number of carbonyl (C=O) groups is 1. The lowest BCUT2D eigenvalue weighted by Crippen LogP contribution is -2.01. The third kappa shape index (κ3) is 2.15. The van der Waals surface area contributed by atoms with Gasteiger partial charge in [-0.3, -0.25) is 0 Å². The summed E-state index contributed by atoms with van der Waals surface area (Å²) < 4.78 is 15.1. The lowest BCUT2D eigenvalue weighted by atomic mass is 10.2. The molecule has 0 aliphatic rings. The van der Waals surface area contributed by atoms with Crippen LogP contribution in [0.4, 0.5) is 0 Å². The molecule has 1 aromatic carbocycles. The van der Waals surface area contributed by atoms with E-state index in [2.05, 4.69) is 4.74 Å². The highest BCUT2D eigenvalue weighted by molar-refractivity contribution is 5.90. The highest BCUT2D eigenvalue weighted by atomic mass is 16.5. The fraction of sp³-hybridized carbons (Fsp3) is 0.154. The van der Waals surface area contributed by atoms with E-state index in [1.807, 2.05) is 30.3 Å². The molecule has 17 heavy (non-hydrogen) atoms. The second-order valence-electron chi connectivity index (χ2n) is 3.37. The smallest absolute Gasteiger partial charge is 0.377 e. The Kier molecular flexibility index (Phi) is 3.14. The molecule has 0 N–H and O–H groups in total. The fourth-order valence-electron chi connectivity index (χ4n) is 1.51. The van der Waals surface area contributed by atoms with Crippen molar-refractivity contribution >= 4 is 5.97 Å². The zero-order chi connectivity index (χ0) is 12.3. The Morgan fingerprint density at radius 2 is 1.88 bits per heavy atom. The van der Waals surface area contributed by atoms with Crippen LogP contribution in [0.15, 0.2) is 40.8 Å². The average molecular weight is 232 g/mol. The topological polar surface area (TPSA) is 48.7 Å². The molecule has 0 aliphatic heterocycles. The van der Waals surface area contributed by atoms with Gasteiger partial charge in [-0.05, 0) is 0 Å². The number of hydrogen-bond acceptors (Lipinski definition) is 4. The van der Waals surface area contributed by atoms with Gasteiger partial charge >= 0.3 is 5.97 Å². The number of hydrogen-bond donors (Lipinski definition) is 0. The van der Waals surface area contributed by atoms with Gasteiger partial charge in [0.15, 0.2) is 5.75 Å². The Balaban J connectivity index is 2.45.